The normalized spacial score (nSPS) is 9.85. The predicted octanol–water partition coefficient (Wildman–Crippen LogP) is 1.48. The molecule has 1 aromatic carbocycles. The third-order valence-electron chi connectivity index (χ3n) is 1.34. The van der Waals surface area contributed by atoms with Gasteiger partial charge in [-0.3, -0.25) is 0 Å². The standard InChI is InChI=1S/C7H7BClFO3/c1-12-8(11)13-7-5(9)3-2-4-6(7)10/h2-4,11H,1H3. The Bertz CT molecular complexity index is 277. The summed E-state index contributed by atoms with van der Waals surface area (Å²) in [6.07, 6.45) is 0. The van der Waals surface area contributed by atoms with Crippen LogP contribution in [0.2, 0.25) is 5.02 Å². The summed E-state index contributed by atoms with van der Waals surface area (Å²) in [6, 6.07) is 4.05. The average Bonchev–Trinajstić information content (AvgIpc) is 2.11. The van der Waals surface area contributed by atoms with Crippen molar-refractivity contribution in [2.75, 3.05) is 7.11 Å². The fourth-order valence-corrected chi connectivity index (χ4v) is 0.952. The Labute approximate surface area is 80.2 Å². The molecule has 70 valence electrons. The summed E-state index contributed by atoms with van der Waals surface area (Å²) >= 11 is 5.60. The highest BCUT2D eigenvalue weighted by Crippen LogP contribution is 2.27. The van der Waals surface area contributed by atoms with Crippen molar-refractivity contribution in [1.82, 2.24) is 0 Å². The predicted molar refractivity (Wildman–Crippen MR) is 47.0 cm³/mol. The lowest BCUT2D eigenvalue weighted by atomic mass is 10.2. The quantitative estimate of drug-likeness (QED) is 0.758. The molecule has 0 spiro atoms. The van der Waals surface area contributed by atoms with Crippen LogP contribution in [0.3, 0.4) is 0 Å². The van der Waals surface area contributed by atoms with E-state index in [0.29, 0.717) is 0 Å². The van der Waals surface area contributed by atoms with Gasteiger partial charge in [0.25, 0.3) is 0 Å². The number of rotatable bonds is 3. The van der Waals surface area contributed by atoms with E-state index in [1.54, 1.807) is 0 Å². The Morgan fingerprint density at radius 2 is 2.23 bits per heavy atom. The van der Waals surface area contributed by atoms with Crippen molar-refractivity contribution in [2.45, 2.75) is 0 Å². The maximum Gasteiger partial charge on any atom is 0.710 e. The zero-order chi connectivity index (χ0) is 9.84. The molecule has 0 amide bonds. The van der Waals surface area contributed by atoms with E-state index in [4.69, 9.17) is 16.6 Å². The van der Waals surface area contributed by atoms with Crippen LogP contribution in [-0.4, -0.2) is 19.5 Å². The second-order valence-corrected chi connectivity index (χ2v) is 2.62. The Balaban J connectivity index is 2.87. The van der Waals surface area contributed by atoms with Gasteiger partial charge in [-0.05, 0) is 12.1 Å². The summed E-state index contributed by atoms with van der Waals surface area (Å²) in [6.45, 7) is 0. The lowest BCUT2D eigenvalue weighted by Gasteiger charge is -2.09. The van der Waals surface area contributed by atoms with Crippen molar-refractivity contribution < 1.29 is 18.7 Å². The molecule has 0 aliphatic carbocycles. The number of hydrogen-bond acceptors (Lipinski definition) is 3. The van der Waals surface area contributed by atoms with E-state index in [-0.39, 0.29) is 10.8 Å². The van der Waals surface area contributed by atoms with Crippen LogP contribution >= 0.6 is 11.6 Å². The molecule has 13 heavy (non-hydrogen) atoms. The molecule has 1 rings (SSSR count). The Morgan fingerprint density at radius 1 is 1.54 bits per heavy atom. The SMILES string of the molecule is COB(O)Oc1c(F)cccc1Cl. The lowest BCUT2D eigenvalue weighted by molar-refractivity contribution is 0.234. The second-order valence-electron chi connectivity index (χ2n) is 2.21. The Kier molecular flexibility index (Phi) is 3.53. The van der Waals surface area contributed by atoms with Crippen LogP contribution in [-0.2, 0) is 4.65 Å². The summed E-state index contributed by atoms with van der Waals surface area (Å²) in [5, 5.41) is 8.97. The molecule has 0 atom stereocenters. The fourth-order valence-electron chi connectivity index (χ4n) is 0.744. The first kappa shape index (κ1) is 10.3. The van der Waals surface area contributed by atoms with E-state index in [1.165, 1.54) is 25.3 Å². The van der Waals surface area contributed by atoms with Crippen molar-refractivity contribution in [3.8, 4) is 5.75 Å². The van der Waals surface area contributed by atoms with Crippen LogP contribution in [0, 0.1) is 5.82 Å². The highest BCUT2D eigenvalue weighted by Gasteiger charge is 2.19. The van der Waals surface area contributed by atoms with Gasteiger partial charge < -0.3 is 14.3 Å². The number of para-hydroxylation sites is 1. The van der Waals surface area contributed by atoms with Crippen LogP contribution in [0.15, 0.2) is 18.2 Å². The van der Waals surface area contributed by atoms with E-state index in [1.807, 2.05) is 0 Å². The molecule has 1 aromatic rings. The van der Waals surface area contributed by atoms with E-state index < -0.39 is 13.1 Å². The van der Waals surface area contributed by atoms with E-state index in [9.17, 15) is 4.39 Å². The minimum atomic E-state index is -1.52. The van der Waals surface area contributed by atoms with E-state index in [0.717, 1.165) is 0 Å². The maximum atomic E-state index is 13.0. The summed E-state index contributed by atoms with van der Waals surface area (Å²) in [7, 11) is -0.297. The molecule has 0 aliphatic rings. The van der Waals surface area contributed by atoms with Crippen LogP contribution in [0.5, 0.6) is 5.75 Å². The lowest BCUT2D eigenvalue weighted by Crippen LogP contribution is -2.24. The van der Waals surface area contributed by atoms with E-state index >= 15 is 0 Å². The Morgan fingerprint density at radius 3 is 2.77 bits per heavy atom. The summed E-state index contributed by atoms with van der Waals surface area (Å²) < 4.78 is 22.0. The topological polar surface area (TPSA) is 38.7 Å². The molecular weight excluding hydrogens is 197 g/mol. The third kappa shape index (κ3) is 2.58. The van der Waals surface area contributed by atoms with Gasteiger partial charge in [0, 0.05) is 7.11 Å². The molecule has 0 heterocycles. The minimum Gasteiger partial charge on any atom is -0.508 e. The van der Waals surface area contributed by atoms with Crippen LogP contribution in [0.1, 0.15) is 0 Å². The first-order valence-electron chi connectivity index (χ1n) is 3.46. The van der Waals surface area contributed by atoms with Gasteiger partial charge in [-0.2, -0.15) is 0 Å². The number of halogens is 2. The van der Waals surface area contributed by atoms with Crippen LogP contribution in [0.25, 0.3) is 0 Å². The van der Waals surface area contributed by atoms with Gasteiger partial charge in [-0.25, -0.2) is 4.39 Å². The van der Waals surface area contributed by atoms with Crippen molar-refractivity contribution >= 4 is 18.9 Å². The first-order valence-corrected chi connectivity index (χ1v) is 3.84. The largest absolute Gasteiger partial charge is 0.710 e. The fraction of sp³-hybridized carbons (Fsp3) is 0.143. The van der Waals surface area contributed by atoms with Crippen molar-refractivity contribution in [3.05, 3.63) is 29.0 Å². The highest BCUT2D eigenvalue weighted by molar-refractivity contribution is 6.37. The molecule has 0 aromatic heterocycles. The van der Waals surface area contributed by atoms with Crippen molar-refractivity contribution in [2.24, 2.45) is 0 Å². The van der Waals surface area contributed by atoms with Crippen molar-refractivity contribution in [3.63, 3.8) is 0 Å². The molecule has 0 saturated heterocycles. The summed E-state index contributed by atoms with van der Waals surface area (Å²) in [5.41, 5.74) is 0. The highest BCUT2D eigenvalue weighted by atomic mass is 35.5. The molecule has 3 nitrogen and oxygen atoms in total. The van der Waals surface area contributed by atoms with E-state index in [2.05, 4.69) is 9.31 Å². The molecule has 1 N–H and O–H groups in total. The van der Waals surface area contributed by atoms with Gasteiger partial charge in [0.1, 0.15) is 0 Å². The van der Waals surface area contributed by atoms with Crippen molar-refractivity contribution in [1.29, 1.82) is 0 Å². The molecule has 6 heteroatoms. The average molecular weight is 204 g/mol. The van der Waals surface area contributed by atoms with Gasteiger partial charge in [0.05, 0.1) is 5.02 Å². The zero-order valence-electron chi connectivity index (χ0n) is 6.83. The van der Waals surface area contributed by atoms with Gasteiger partial charge in [0.15, 0.2) is 11.6 Å². The molecular formula is C7H7BClFO3. The molecule has 0 aliphatic heterocycles. The van der Waals surface area contributed by atoms with Gasteiger partial charge in [-0.15, -0.1) is 0 Å². The van der Waals surface area contributed by atoms with Gasteiger partial charge >= 0.3 is 7.32 Å². The smallest absolute Gasteiger partial charge is 0.508 e. The van der Waals surface area contributed by atoms with Crippen LogP contribution < -0.4 is 4.65 Å². The molecule has 0 bridgehead atoms. The van der Waals surface area contributed by atoms with Gasteiger partial charge in [0.2, 0.25) is 0 Å². The first-order chi connectivity index (χ1) is 6.15. The zero-order valence-corrected chi connectivity index (χ0v) is 7.58. The third-order valence-corrected chi connectivity index (χ3v) is 1.64. The second kappa shape index (κ2) is 4.46. The molecule has 0 saturated carbocycles. The van der Waals surface area contributed by atoms with Gasteiger partial charge in [-0.1, -0.05) is 17.7 Å². The summed E-state index contributed by atoms with van der Waals surface area (Å²) in [5.74, 6) is -0.873. The Hall–Kier alpha value is -0.775. The molecule has 0 radical (unpaired) electrons. The minimum absolute atomic E-state index is 0.0797. The molecule has 0 fully saturated rings. The monoisotopic (exact) mass is 204 g/mol. The molecule has 0 unspecified atom stereocenters. The maximum absolute atomic E-state index is 13.0. The summed E-state index contributed by atoms with van der Waals surface area (Å²) in [4.78, 5) is 0. The number of benzene rings is 1. The number of hydrogen-bond donors (Lipinski definition) is 1. The van der Waals surface area contributed by atoms with Crippen LogP contribution in [0.4, 0.5) is 4.39 Å².